The standard InChI is InChI=1S/C12H28N2/c1-7-12(13,8-2)10-14(6)9-11(3,4)5/h7-10,13H2,1-6H3. The predicted octanol–water partition coefficient (Wildman–Crippen LogP) is 2.48. The van der Waals surface area contributed by atoms with Gasteiger partial charge in [0, 0.05) is 18.6 Å². The van der Waals surface area contributed by atoms with Crippen LogP contribution in [0.2, 0.25) is 0 Å². The first-order valence-electron chi connectivity index (χ1n) is 5.70. The average Bonchev–Trinajstić information content (AvgIpc) is 2.00. The van der Waals surface area contributed by atoms with Crippen molar-refractivity contribution in [2.45, 2.75) is 53.0 Å². The molecule has 0 unspecified atom stereocenters. The summed E-state index contributed by atoms with van der Waals surface area (Å²) in [5.41, 5.74) is 6.63. The summed E-state index contributed by atoms with van der Waals surface area (Å²) in [6.45, 7) is 13.2. The van der Waals surface area contributed by atoms with E-state index < -0.39 is 0 Å². The van der Waals surface area contributed by atoms with Gasteiger partial charge in [0.2, 0.25) is 0 Å². The molecule has 0 aromatic carbocycles. The van der Waals surface area contributed by atoms with Gasteiger partial charge in [0.15, 0.2) is 0 Å². The largest absolute Gasteiger partial charge is 0.324 e. The van der Waals surface area contributed by atoms with Crippen molar-refractivity contribution < 1.29 is 0 Å². The Balaban J connectivity index is 4.10. The topological polar surface area (TPSA) is 29.3 Å². The first-order chi connectivity index (χ1) is 6.22. The number of likely N-dealkylation sites (N-methyl/N-ethyl adjacent to an activating group) is 1. The van der Waals surface area contributed by atoms with Gasteiger partial charge in [0.1, 0.15) is 0 Å². The predicted molar refractivity (Wildman–Crippen MR) is 64.5 cm³/mol. The van der Waals surface area contributed by atoms with E-state index in [1.165, 1.54) is 0 Å². The van der Waals surface area contributed by atoms with E-state index in [2.05, 4.69) is 46.6 Å². The average molecular weight is 200 g/mol. The minimum atomic E-state index is 0.000000000000000444. The second-order valence-corrected chi connectivity index (χ2v) is 5.80. The Kier molecular flexibility index (Phi) is 5.10. The zero-order chi connectivity index (χ0) is 11.4. The van der Waals surface area contributed by atoms with Gasteiger partial charge in [-0.2, -0.15) is 0 Å². The van der Waals surface area contributed by atoms with Crippen LogP contribution >= 0.6 is 0 Å². The Morgan fingerprint density at radius 3 is 1.71 bits per heavy atom. The summed E-state index contributed by atoms with van der Waals surface area (Å²) in [6, 6.07) is 0. The van der Waals surface area contributed by atoms with Crippen molar-refractivity contribution in [3.63, 3.8) is 0 Å². The normalized spacial score (nSPS) is 13.7. The molecule has 0 rings (SSSR count). The summed E-state index contributed by atoms with van der Waals surface area (Å²) in [7, 11) is 2.16. The Labute approximate surface area is 89.9 Å². The molecule has 0 atom stereocenters. The minimum absolute atomic E-state index is 0.000000000000000444. The Bertz CT molecular complexity index is 154. The van der Waals surface area contributed by atoms with Gasteiger partial charge >= 0.3 is 0 Å². The molecule has 0 heterocycles. The minimum Gasteiger partial charge on any atom is -0.324 e. The maximum Gasteiger partial charge on any atom is 0.0278 e. The lowest BCUT2D eigenvalue weighted by Crippen LogP contribution is -2.49. The molecule has 0 aliphatic heterocycles. The van der Waals surface area contributed by atoms with Gasteiger partial charge in [-0.15, -0.1) is 0 Å². The molecule has 0 fully saturated rings. The molecular weight excluding hydrogens is 172 g/mol. The maximum absolute atomic E-state index is 6.27. The van der Waals surface area contributed by atoms with Gasteiger partial charge in [0.05, 0.1) is 0 Å². The van der Waals surface area contributed by atoms with E-state index in [4.69, 9.17) is 5.73 Å². The molecule has 86 valence electrons. The molecule has 0 amide bonds. The smallest absolute Gasteiger partial charge is 0.0278 e. The lowest BCUT2D eigenvalue weighted by atomic mass is 9.91. The first kappa shape index (κ1) is 13.9. The van der Waals surface area contributed by atoms with Crippen LogP contribution in [0.1, 0.15) is 47.5 Å². The third-order valence-corrected chi connectivity index (χ3v) is 2.74. The van der Waals surface area contributed by atoms with Crippen LogP contribution in [0.5, 0.6) is 0 Å². The zero-order valence-corrected chi connectivity index (χ0v) is 10.9. The van der Waals surface area contributed by atoms with Crippen molar-refractivity contribution in [3.05, 3.63) is 0 Å². The van der Waals surface area contributed by atoms with E-state index in [1.807, 2.05) is 0 Å². The molecule has 0 bridgehead atoms. The summed E-state index contributed by atoms with van der Waals surface area (Å²) in [6.07, 6.45) is 2.11. The summed E-state index contributed by atoms with van der Waals surface area (Å²) in [4.78, 5) is 2.35. The van der Waals surface area contributed by atoms with Crippen molar-refractivity contribution in [2.24, 2.45) is 11.1 Å². The fourth-order valence-electron chi connectivity index (χ4n) is 1.88. The van der Waals surface area contributed by atoms with E-state index >= 15 is 0 Å². The summed E-state index contributed by atoms with van der Waals surface area (Å²) in [5, 5.41) is 0. The van der Waals surface area contributed by atoms with Gasteiger partial charge < -0.3 is 10.6 Å². The number of hydrogen-bond acceptors (Lipinski definition) is 2. The van der Waals surface area contributed by atoms with Crippen molar-refractivity contribution in [1.29, 1.82) is 0 Å². The van der Waals surface area contributed by atoms with Gasteiger partial charge in [-0.25, -0.2) is 0 Å². The molecule has 2 heteroatoms. The highest BCUT2D eigenvalue weighted by molar-refractivity contribution is 4.85. The van der Waals surface area contributed by atoms with E-state index in [1.54, 1.807) is 0 Å². The molecular formula is C12H28N2. The van der Waals surface area contributed by atoms with E-state index in [9.17, 15) is 0 Å². The molecule has 0 aliphatic carbocycles. The number of nitrogens with zero attached hydrogens (tertiary/aromatic N) is 1. The Hall–Kier alpha value is -0.0800. The Morgan fingerprint density at radius 1 is 1.00 bits per heavy atom. The fourth-order valence-corrected chi connectivity index (χ4v) is 1.88. The first-order valence-corrected chi connectivity index (χ1v) is 5.70. The molecule has 0 spiro atoms. The van der Waals surface area contributed by atoms with E-state index in [0.29, 0.717) is 5.41 Å². The second kappa shape index (κ2) is 5.13. The van der Waals surface area contributed by atoms with Crippen LogP contribution in [0.15, 0.2) is 0 Å². The van der Waals surface area contributed by atoms with E-state index in [0.717, 1.165) is 25.9 Å². The summed E-state index contributed by atoms with van der Waals surface area (Å²) < 4.78 is 0. The van der Waals surface area contributed by atoms with Gasteiger partial charge in [-0.3, -0.25) is 0 Å². The lowest BCUT2D eigenvalue weighted by Gasteiger charge is -2.35. The van der Waals surface area contributed by atoms with Crippen LogP contribution in [0.25, 0.3) is 0 Å². The lowest BCUT2D eigenvalue weighted by molar-refractivity contribution is 0.178. The molecule has 0 aromatic rings. The molecule has 0 radical (unpaired) electrons. The fraction of sp³-hybridized carbons (Fsp3) is 1.00. The van der Waals surface area contributed by atoms with Crippen LogP contribution < -0.4 is 5.73 Å². The highest BCUT2D eigenvalue weighted by Gasteiger charge is 2.24. The summed E-state index contributed by atoms with van der Waals surface area (Å²) >= 11 is 0. The van der Waals surface area contributed by atoms with E-state index in [-0.39, 0.29) is 5.54 Å². The zero-order valence-electron chi connectivity index (χ0n) is 10.9. The van der Waals surface area contributed by atoms with Crippen LogP contribution in [-0.2, 0) is 0 Å². The van der Waals surface area contributed by atoms with Crippen molar-refractivity contribution in [3.8, 4) is 0 Å². The molecule has 2 N–H and O–H groups in total. The molecule has 0 aliphatic rings. The van der Waals surface area contributed by atoms with Gasteiger partial charge in [-0.05, 0) is 25.3 Å². The van der Waals surface area contributed by atoms with Gasteiger partial charge in [0.25, 0.3) is 0 Å². The third kappa shape index (κ3) is 5.61. The van der Waals surface area contributed by atoms with Crippen molar-refractivity contribution in [2.75, 3.05) is 20.1 Å². The van der Waals surface area contributed by atoms with Crippen molar-refractivity contribution in [1.82, 2.24) is 4.90 Å². The number of hydrogen-bond donors (Lipinski definition) is 1. The van der Waals surface area contributed by atoms with Crippen LogP contribution in [-0.4, -0.2) is 30.6 Å². The van der Waals surface area contributed by atoms with Crippen LogP contribution in [0, 0.1) is 5.41 Å². The molecule has 2 nitrogen and oxygen atoms in total. The van der Waals surface area contributed by atoms with Gasteiger partial charge in [-0.1, -0.05) is 34.6 Å². The van der Waals surface area contributed by atoms with Crippen molar-refractivity contribution >= 4 is 0 Å². The molecule has 0 aromatic heterocycles. The molecule has 0 saturated carbocycles. The quantitative estimate of drug-likeness (QED) is 0.739. The number of nitrogens with two attached hydrogens (primary N) is 1. The summed E-state index contributed by atoms with van der Waals surface area (Å²) in [5.74, 6) is 0. The monoisotopic (exact) mass is 200 g/mol. The van der Waals surface area contributed by atoms with Crippen LogP contribution in [0.4, 0.5) is 0 Å². The second-order valence-electron chi connectivity index (χ2n) is 5.80. The third-order valence-electron chi connectivity index (χ3n) is 2.74. The number of rotatable bonds is 5. The van der Waals surface area contributed by atoms with Crippen LogP contribution in [0.3, 0.4) is 0 Å². The molecule has 0 saturated heterocycles. The Morgan fingerprint density at radius 2 is 1.43 bits per heavy atom. The SMILES string of the molecule is CCC(N)(CC)CN(C)CC(C)(C)C. The highest BCUT2D eigenvalue weighted by atomic mass is 15.1. The molecule has 14 heavy (non-hydrogen) atoms. The maximum atomic E-state index is 6.27. The highest BCUT2D eigenvalue weighted by Crippen LogP contribution is 2.18.